The van der Waals surface area contributed by atoms with Crippen LogP contribution in [-0.4, -0.2) is 33.1 Å². The van der Waals surface area contributed by atoms with Crippen LogP contribution in [0.5, 0.6) is 5.75 Å². The molecule has 1 amide bonds. The average Bonchev–Trinajstić information content (AvgIpc) is 3.02. The largest absolute Gasteiger partial charge is 0.433 e. The number of hydrogen-bond donors (Lipinski definition) is 2. The molecule has 28 heavy (non-hydrogen) atoms. The number of carbonyl (C=O) groups is 1. The first-order valence-electron chi connectivity index (χ1n) is 7.87. The van der Waals surface area contributed by atoms with Crippen molar-refractivity contribution >= 4 is 23.4 Å². The van der Waals surface area contributed by atoms with Crippen LogP contribution >= 0.6 is 11.8 Å². The van der Waals surface area contributed by atoms with Crippen molar-refractivity contribution in [3.05, 3.63) is 54.3 Å². The minimum Gasteiger partial charge on any atom is -0.433 e. The number of anilines is 1. The van der Waals surface area contributed by atoms with Crippen LogP contribution in [0.3, 0.4) is 0 Å². The van der Waals surface area contributed by atoms with E-state index < -0.39 is 18.3 Å². The zero-order valence-corrected chi connectivity index (χ0v) is 15.0. The van der Waals surface area contributed by atoms with Gasteiger partial charge in [0.2, 0.25) is 11.1 Å². The summed E-state index contributed by atoms with van der Waals surface area (Å²) < 4.78 is 43.4. The molecular weight excluding hydrogens is 395 g/mol. The van der Waals surface area contributed by atoms with Gasteiger partial charge in [0.05, 0.1) is 11.4 Å². The van der Waals surface area contributed by atoms with E-state index in [0.717, 1.165) is 11.8 Å². The minimum absolute atomic E-state index is 0.0955. The molecule has 1 aromatic heterocycles. The Morgan fingerprint density at radius 3 is 2.61 bits per heavy atom. The Labute approximate surface area is 161 Å². The van der Waals surface area contributed by atoms with E-state index in [1.807, 2.05) is 0 Å². The summed E-state index contributed by atoms with van der Waals surface area (Å²) in [5.41, 5.74) is 0.681. The molecule has 7 nitrogen and oxygen atoms in total. The number of nitrogens with zero attached hydrogens (tertiary/aromatic N) is 3. The Morgan fingerprint density at radius 2 is 1.89 bits per heavy atom. The molecule has 0 atom stereocenters. The summed E-state index contributed by atoms with van der Waals surface area (Å²) >= 11 is 1.00. The normalized spacial score (nSPS) is 10.9. The number of aromatic nitrogens is 3. The van der Waals surface area contributed by atoms with Crippen molar-refractivity contribution in [2.24, 2.45) is 0 Å². The van der Waals surface area contributed by atoms with Crippen molar-refractivity contribution in [2.45, 2.75) is 11.8 Å². The quantitative estimate of drug-likeness (QED) is 0.460. The Hall–Kier alpha value is -3.21. The third-order valence-electron chi connectivity index (χ3n) is 3.48. The van der Waals surface area contributed by atoms with Crippen LogP contribution in [0, 0.1) is 5.82 Å². The summed E-state index contributed by atoms with van der Waals surface area (Å²) in [6, 6.07) is 11.4. The van der Waals surface area contributed by atoms with Crippen molar-refractivity contribution in [3.8, 4) is 17.1 Å². The van der Waals surface area contributed by atoms with E-state index >= 15 is 0 Å². The smallest absolute Gasteiger partial charge is 0.387 e. The summed E-state index contributed by atoms with van der Waals surface area (Å²) in [7, 11) is 0. The highest BCUT2D eigenvalue weighted by Gasteiger charge is 2.15. The number of nitrogens with two attached hydrogens (primary N) is 1. The third kappa shape index (κ3) is 4.74. The van der Waals surface area contributed by atoms with Gasteiger partial charge in [0.15, 0.2) is 5.82 Å². The molecule has 3 rings (SSSR count). The van der Waals surface area contributed by atoms with Crippen LogP contribution in [0.2, 0.25) is 0 Å². The lowest BCUT2D eigenvalue weighted by Crippen LogP contribution is -2.17. The molecular formula is C17H14F3N5O2S. The fraction of sp³-hybridized carbons (Fsp3) is 0.118. The van der Waals surface area contributed by atoms with Crippen LogP contribution in [0.25, 0.3) is 11.4 Å². The van der Waals surface area contributed by atoms with E-state index in [2.05, 4.69) is 20.3 Å². The van der Waals surface area contributed by atoms with Gasteiger partial charge >= 0.3 is 6.61 Å². The van der Waals surface area contributed by atoms with E-state index in [0.29, 0.717) is 11.4 Å². The van der Waals surface area contributed by atoms with E-state index in [4.69, 9.17) is 5.84 Å². The number of nitrogens with one attached hydrogen (secondary N) is 1. The second-order valence-electron chi connectivity index (χ2n) is 5.39. The number of para-hydroxylation sites is 2. The number of thioether (sulfide) groups is 1. The van der Waals surface area contributed by atoms with Crippen LogP contribution in [-0.2, 0) is 4.79 Å². The van der Waals surface area contributed by atoms with Gasteiger partial charge in [0.1, 0.15) is 11.6 Å². The van der Waals surface area contributed by atoms with Crippen molar-refractivity contribution in [1.82, 2.24) is 14.9 Å². The molecule has 0 bridgehead atoms. The van der Waals surface area contributed by atoms with Gasteiger partial charge in [-0.2, -0.15) is 8.78 Å². The van der Waals surface area contributed by atoms with Gasteiger partial charge in [-0.3, -0.25) is 4.79 Å². The molecule has 2 aromatic carbocycles. The molecule has 0 aliphatic heterocycles. The first-order chi connectivity index (χ1) is 13.4. The van der Waals surface area contributed by atoms with Crippen molar-refractivity contribution in [1.29, 1.82) is 0 Å². The molecule has 0 radical (unpaired) electrons. The maximum absolute atomic E-state index is 13.0. The van der Waals surface area contributed by atoms with E-state index in [-0.39, 0.29) is 22.3 Å². The molecule has 146 valence electrons. The second-order valence-corrected chi connectivity index (χ2v) is 6.34. The summed E-state index contributed by atoms with van der Waals surface area (Å²) in [5.74, 6) is 5.13. The molecule has 0 fully saturated rings. The predicted octanol–water partition coefficient (Wildman–Crippen LogP) is 3.13. The second kappa shape index (κ2) is 8.65. The molecule has 3 N–H and O–H groups in total. The van der Waals surface area contributed by atoms with Crippen molar-refractivity contribution in [2.75, 3.05) is 16.9 Å². The highest BCUT2D eigenvalue weighted by Crippen LogP contribution is 2.26. The molecule has 0 unspecified atom stereocenters. The van der Waals surface area contributed by atoms with Crippen LogP contribution < -0.4 is 15.9 Å². The van der Waals surface area contributed by atoms with E-state index in [1.54, 1.807) is 6.07 Å². The number of hydrogen-bond acceptors (Lipinski definition) is 6. The first kappa shape index (κ1) is 19.5. The summed E-state index contributed by atoms with van der Waals surface area (Å²) in [6.07, 6.45) is 0. The minimum atomic E-state index is -3.01. The predicted molar refractivity (Wildman–Crippen MR) is 98.0 cm³/mol. The maximum Gasteiger partial charge on any atom is 0.387 e. The van der Waals surface area contributed by atoms with E-state index in [9.17, 15) is 18.0 Å². The van der Waals surface area contributed by atoms with Gasteiger partial charge in [-0.05, 0) is 36.4 Å². The standard InChI is InChI=1S/C17H14F3N5O2S/c18-11-7-5-10(6-8-11)15-23-24-17(25(15)21)28-9-14(26)22-12-3-1-2-4-13(12)27-16(19)20/h1-8,16H,9,21H2,(H,22,26). The number of carbonyl (C=O) groups excluding carboxylic acids is 1. The fourth-order valence-electron chi connectivity index (χ4n) is 2.26. The lowest BCUT2D eigenvalue weighted by atomic mass is 10.2. The lowest BCUT2D eigenvalue weighted by Gasteiger charge is -2.11. The van der Waals surface area contributed by atoms with Gasteiger partial charge in [-0.15, -0.1) is 10.2 Å². The Kier molecular flexibility index (Phi) is 6.04. The summed E-state index contributed by atoms with van der Waals surface area (Å²) in [4.78, 5) is 12.1. The Morgan fingerprint density at radius 1 is 1.18 bits per heavy atom. The monoisotopic (exact) mass is 409 g/mol. The molecule has 0 aliphatic carbocycles. The zero-order valence-electron chi connectivity index (χ0n) is 14.2. The van der Waals surface area contributed by atoms with Gasteiger partial charge in [-0.25, -0.2) is 9.07 Å². The number of halogens is 3. The first-order valence-corrected chi connectivity index (χ1v) is 8.85. The van der Waals surface area contributed by atoms with E-state index in [1.165, 1.54) is 47.1 Å². The fourth-order valence-corrected chi connectivity index (χ4v) is 2.91. The molecule has 0 spiro atoms. The van der Waals surface area contributed by atoms with Gasteiger partial charge in [-0.1, -0.05) is 23.9 Å². The van der Waals surface area contributed by atoms with Gasteiger partial charge in [0.25, 0.3) is 0 Å². The zero-order chi connectivity index (χ0) is 20.1. The number of ether oxygens (including phenoxy) is 1. The molecule has 11 heteroatoms. The number of rotatable bonds is 7. The van der Waals surface area contributed by atoms with Crippen LogP contribution in [0.4, 0.5) is 18.9 Å². The van der Waals surface area contributed by atoms with Crippen molar-refractivity contribution < 1.29 is 22.7 Å². The van der Waals surface area contributed by atoms with Crippen LogP contribution in [0.1, 0.15) is 0 Å². The average molecular weight is 409 g/mol. The number of amides is 1. The molecule has 1 heterocycles. The highest BCUT2D eigenvalue weighted by atomic mass is 32.2. The van der Waals surface area contributed by atoms with Gasteiger partial charge < -0.3 is 15.9 Å². The van der Waals surface area contributed by atoms with Crippen LogP contribution in [0.15, 0.2) is 53.7 Å². The maximum atomic E-state index is 13.0. The summed E-state index contributed by atoms with van der Waals surface area (Å²) in [5, 5.41) is 10.6. The highest BCUT2D eigenvalue weighted by molar-refractivity contribution is 7.99. The molecule has 0 aliphatic rings. The Balaban J connectivity index is 1.64. The molecule has 3 aromatic rings. The number of benzene rings is 2. The number of nitrogen functional groups attached to an aromatic ring is 1. The summed E-state index contributed by atoms with van der Waals surface area (Å²) in [6.45, 7) is -3.01. The third-order valence-corrected chi connectivity index (χ3v) is 4.42. The molecule has 0 saturated carbocycles. The SMILES string of the molecule is Nn1c(SCC(=O)Nc2ccccc2OC(F)F)nnc1-c1ccc(F)cc1. The number of alkyl halides is 2. The van der Waals surface area contributed by atoms with Crippen molar-refractivity contribution in [3.63, 3.8) is 0 Å². The lowest BCUT2D eigenvalue weighted by molar-refractivity contribution is -0.113. The van der Waals surface area contributed by atoms with Gasteiger partial charge in [0, 0.05) is 5.56 Å². The molecule has 0 saturated heterocycles. The topological polar surface area (TPSA) is 95.1 Å². The Bertz CT molecular complexity index is 966.